The van der Waals surface area contributed by atoms with Crippen molar-refractivity contribution in [2.24, 2.45) is 0 Å². The third-order valence-corrected chi connectivity index (χ3v) is 4.70. The van der Waals surface area contributed by atoms with Gasteiger partial charge in [-0.25, -0.2) is 8.42 Å². The Balaban J connectivity index is 3.10. The van der Waals surface area contributed by atoms with Crippen LogP contribution in [0.3, 0.4) is 0 Å². The van der Waals surface area contributed by atoms with Gasteiger partial charge < -0.3 is 5.32 Å². The number of halogens is 3. The van der Waals surface area contributed by atoms with E-state index in [-0.39, 0.29) is 10.9 Å². The summed E-state index contributed by atoms with van der Waals surface area (Å²) in [5.74, 6) is 0. The summed E-state index contributed by atoms with van der Waals surface area (Å²) in [7, 11) is -1.53. The van der Waals surface area contributed by atoms with Crippen LogP contribution in [-0.2, 0) is 10.0 Å². The molecule has 0 spiro atoms. The van der Waals surface area contributed by atoms with E-state index in [4.69, 9.17) is 0 Å². The number of alkyl halides is 3. The van der Waals surface area contributed by atoms with Crippen LogP contribution in [0.25, 0.3) is 0 Å². The molecule has 0 saturated carbocycles. The second-order valence-electron chi connectivity index (χ2n) is 4.46. The Morgan fingerprint density at radius 1 is 1.35 bits per heavy atom. The Labute approximate surface area is 116 Å². The van der Waals surface area contributed by atoms with Crippen LogP contribution in [0.1, 0.15) is 18.5 Å². The number of hydrogen-bond donors (Lipinski definition) is 1. The fourth-order valence-corrected chi connectivity index (χ4v) is 2.84. The van der Waals surface area contributed by atoms with Gasteiger partial charge in [-0.2, -0.15) is 17.5 Å². The van der Waals surface area contributed by atoms with E-state index in [1.54, 1.807) is 13.1 Å². The van der Waals surface area contributed by atoms with Gasteiger partial charge in [-0.3, -0.25) is 0 Å². The number of nitrogens with one attached hydrogen (secondary N) is 1. The molecular weight excluding hydrogens is 293 g/mol. The van der Waals surface area contributed by atoms with Crippen molar-refractivity contribution < 1.29 is 21.6 Å². The highest BCUT2D eigenvalue weighted by Crippen LogP contribution is 2.23. The summed E-state index contributed by atoms with van der Waals surface area (Å²) in [5.41, 5.74) is 0.689. The van der Waals surface area contributed by atoms with E-state index < -0.39 is 22.7 Å². The van der Waals surface area contributed by atoms with Crippen LogP contribution in [-0.4, -0.2) is 39.5 Å². The molecule has 0 aliphatic rings. The smallest absolute Gasteiger partial charge is 0.313 e. The van der Waals surface area contributed by atoms with E-state index in [0.29, 0.717) is 9.87 Å². The average Bonchev–Trinajstić information content (AvgIpc) is 2.36. The Kier molecular flexibility index (Phi) is 5.17. The minimum absolute atomic E-state index is 0.0990. The number of sulfonamides is 1. The fraction of sp³-hybridized carbons (Fsp3) is 0.500. The maximum absolute atomic E-state index is 12.3. The maximum atomic E-state index is 12.3. The van der Waals surface area contributed by atoms with Gasteiger partial charge in [-0.1, -0.05) is 12.1 Å². The molecule has 1 aromatic rings. The molecule has 114 valence electrons. The largest absolute Gasteiger partial charge is 0.402 e. The highest BCUT2D eigenvalue weighted by molar-refractivity contribution is 7.89. The topological polar surface area (TPSA) is 49.4 Å². The number of rotatable bonds is 5. The van der Waals surface area contributed by atoms with E-state index >= 15 is 0 Å². The van der Waals surface area contributed by atoms with Crippen molar-refractivity contribution in [3.05, 3.63) is 29.8 Å². The molecule has 0 bridgehead atoms. The molecule has 0 radical (unpaired) electrons. The molecule has 0 aliphatic carbocycles. The molecule has 0 saturated heterocycles. The van der Waals surface area contributed by atoms with Crippen LogP contribution in [0.4, 0.5) is 13.2 Å². The first-order valence-corrected chi connectivity index (χ1v) is 7.32. The lowest BCUT2D eigenvalue weighted by atomic mass is 10.1. The molecule has 20 heavy (non-hydrogen) atoms. The Bertz CT molecular complexity index is 558. The van der Waals surface area contributed by atoms with E-state index in [1.165, 1.54) is 18.2 Å². The first-order chi connectivity index (χ1) is 9.08. The molecule has 0 fully saturated rings. The molecule has 1 unspecified atom stereocenters. The predicted octanol–water partition coefficient (Wildman–Crippen LogP) is 2.15. The third-order valence-electron chi connectivity index (χ3n) is 2.90. The number of hydrogen-bond acceptors (Lipinski definition) is 3. The summed E-state index contributed by atoms with van der Waals surface area (Å²) in [6.45, 7) is 0.312. The summed E-state index contributed by atoms with van der Waals surface area (Å²) >= 11 is 0. The summed E-state index contributed by atoms with van der Waals surface area (Å²) in [5, 5.41) is 2.94. The summed E-state index contributed by atoms with van der Waals surface area (Å²) < 4.78 is 61.4. The van der Waals surface area contributed by atoms with Crippen LogP contribution < -0.4 is 5.32 Å². The number of benzene rings is 1. The Hall–Kier alpha value is -1.12. The Morgan fingerprint density at radius 3 is 2.45 bits per heavy atom. The van der Waals surface area contributed by atoms with Crippen molar-refractivity contribution in [2.75, 3.05) is 20.6 Å². The molecule has 1 N–H and O–H groups in total. The van der Waals surface area contributed by atoms with Crippen LogP contribution in [0, 0.1) is 0 Å². The maximum Gasteiger partial charge on any atom is 0.402 e. The summed E-state index contributed by atoms with van der Waals surface area (Å²) in [6.07, 6.45) is -4.57. The standard InChI is InChI=1S/C12H17F3N2O2S/c1-9(16-2)10-5-4-6-11(7-10)20(18,19)17(3)8-12(13,14)15/h4-7,9,16H,8H2,1-3H3. The quantitative estimate of drug-likeness (QED) is 0.906. The monoisotopic (exact) mass is 310 g/mol. The summed E-state index contributed by atoms with van der Waals surface area (Å²) in [4.78, 5) is -0.149. The molecule has 0 amide bonds. The van der Waals surface area contributed by atoms with Gasteiger partial charge in [-0.05, 0) is 31.7 Å². The van der Waals surface area contributed by atoms with Crippen molar-refractivity contribution in [1.29, 1.82) is 0 Å². The van der Waals surface area contributed by atoms with Gasteiger partial charge in [0.1, 0.15) is 6.54 Å². The second-order valence-corrected chi connectivity index (χ2v) is 6.50. The Morgan fingerprint density at radius 2 is 1.95 bits per heavy atom. The van der Waals surface area contributed by atoms with E-state index in [2.05, 4.69) is 5.32 Å². The third kappa shape index (κ3) is 4.19. The van der Waals surface area contributed by atoms with Crippen LogP contribution >= 0.6 is 0 Å². The summed E-state index contributed by atoms with van der Waals surface area (Å²) in [6, 6.07) is 5.79. The lowest BCUT2D eigenvalue weighted by molar-refractivity contribution is -0.134. The van der Waals surface area contributed by atoms with Gasteiger partial charge in [0.05, 0.1) is 4.90 Å². The molecule has 1 atom stereocenters. The molecule has 8 heteroatoms. The van der Waals surface area contributed by atoms with Crippen molar-refractivity contribution in [3.8, 4) is 0 Å². The lowest BCUT2D eigenvalue weighted by Gasteiger charge is -2.19. The first-order valence-electron chi connectivity index (χ1n) is 5.88. The van der Waals surface area contributed by atoms with Gasteiger partial charge in [0.2, 0.25) is 10.0 Å². The van der Waals surface area contributed by atoms with Gasteiger partial charge in [0.15, 0.2) is 0 Å². The zero-order chi connectivity index (χ0) is 15.6. The van der Waals surface area contributed by atoms with Gasteiger partial charge in [0, 0.05) is 13.1 Å². The lowest BCUT2D eigenvalue weighted by Crippen LogP contribution is -2.35. The van der Waals surface area contributed by atoms with E-state index in [1.807, 2.05) is 6.92 Å². The average molecular weight is 310 g/mol. The molecule has 4 nitrogen and oxygen atoms in total. The SMILES string of the molecule is CNC(C)c1cccc(S(=O)(=O)N(C)CC(F)(F)F)c1. The van der Waals surface area contributed by atoms with Crippen molar-refractivity contribution in [1.82, 2.24) is 9.62 Å². The predicted molar refractivity (Wildman–Crippen MR) is 69.8 cm³/mol. The molecule has 0 aromatic heterocycles. The van der Waals surface area contributed by atoms with Crippen molar-refractivity contribution in [2.45, 2.75) is 24.0 Å². The fourth-order valence-electron chi connectivity index (χ4n) is 1.63. The van der Waals surface area contributed by atoms with E-state index in [0.717, 1.165) is 7.05 Å². The van der Waals surface area contributed by atoms with Gasteiger partial charge in [-0.15, -0.1) is 0 Å². The van der Waals surface area contributed by atoms with Crippen molar-refractivity contribution >= 4 is 10.0 Å². The number of nitrogens with zero attached hydrogens (tertiary/aromatic N) is 1. The zero-order valence-electron chi connectivity index (χ0n) is 11.4. The van der Waals surface area contributed by atoms with E-state index in [9.17, 15) is 21.6 Å². The molecule has 1 rings (SSSR count). The van der Waals surface area contributed by atoms with Gasteiger partial charge in [0.25, 0.3) is 0 Å². The molecule has 0 aliphatic heterocycles. The highest BCUT2D eigenvalue weighted by atomic mass is 32.2. The molecule has 0 heterocycles. The zero-order valence-corrected chi connectivity index (χ0v) is 12.2. The molecular formula is C12H17F3N2O2S. The van der Waals surface area contributed by atoms with Gasteiger partial charge >= 0.3 is 6.18 Å². The molecule has 1 aromatic carbocycles. The van der Waals surface area contributed by atoms with Crippen LogP contribution in [0.5, 0.6) is 0 Å². The van der Waals surface area contributed by atoms with Crippen molar-refractivity contribution in [3.63, 3.8) is 0 Å². The minimum atomic E-state index is -4.57. The second kappa shape index (κ2) is 6.11. The van der Waals surface area contributed by atoms with Crippen LogP contribution in [0.15, 0.2) is 29.2 Å². The first kappa shape index (κ1) is 16.9. The minimum Gasteiger partial charge on any atom is -0.313 e. The highest BCUT2D eigenvalue weighted by Gasteiger charge is 2.34. The normalized spacial score (nSPS) is 14.6. The van der Waals surface area contributed by atoms with Crippen LogP contribution in [0.2, 0.25) is 0 Å².